The second-order valence-corrected chi connectivity index (χ2v) is 5.27. The summed E-state index contributed by atoms with van der Waals surface area (Å²) < 4.78 is 0. The lowest BCUT2D eigenvalue weighted by atomic mass is 9.96. The Morgan fingerprint density at radius 3 is 2.56 bits per heavy atom. The van der Waals surface area contributed by atoms with E-state index in [4.69, 9.17) is 0 Å². The lowest BCUT2D eigenvalue weighted by Gasteiger charge is -2.22. The topological polar surface area (TPSA) is 32.3 Å². The average Bonchev–Trinajstić information content (AvgIpc) is 2.81. The summed E-state index contributed by atoms with van der Waals surface area (Å²) in [5.74, 6) is 0.419. The third-order valence-electron chi connectivity index (χ3n) is 3.20. The first-order valence-electron chi connectivity index (χ1n) is 6.13. The van der Waals surface area contributed by atoms with Gasteiger partial charge in [-0.2, -0.15) is 0 Å². The Kier molecular flexibility index (Phi) is 6.03. The quantitative estimate of drug-likeness (QED) is 0.768. The number of thiophene rings is 1. The van der Waals surface area contributed by atoms with Crippen molar-refractivity contribution >= 4 is 11.3 Å². The Labute approximate surface area is 103 Å². The maximum absolute atomic E-state index is 10.00. The molecule has 0 saturated carbocycles. The summed E-state index contributed by atoms with van der Waals surface area (Å²) in [6.45, 7) is 7.11. The van der Waals surface area contributed by atoms with Gasteiger partial charge in [-0.3, -0.25) is 0 Å². The summed E-state index contributed by atoms with van der Waals surface area (Å²) in [6.07, 6.45) is 1.87. The molecule has 0 aliphatic carbocycles. The first-order valence-corrected chi connectivity index (χ1v) is 7.01. The van der Waals surface area contributed by atoms with Gasteiger partial charge in [-0.15, -0.1) is 11.3 Å². The summed E-state index contributed by atoms with van der Waals surface area (Å²) in [5.41, 5.74) is 0. The summed E-state index contributed by atoms with van der Waals surface area (Å²) in [6, 6.07) is 4.53. The van der Waals surface area contributed by atoms with Crippen LogP contribution in [-0.2, 0) is 0 Å². The maximum atomic E-state index is 10.00. The molecule has 0 radical (unpaired) electrons. The van der Waals surface area contributed by atoms with Crippen molar-refractivity contribution in [1.82, 2.24) is 5.32 Å². The molecule has 0 aromatic carbocycles. The molecule has 3 heteroatoms. The highest BCUT2D eigenvalue weighted by Crippen LogP contribution is 2.19. The van der Waals surface area contributed by atoms with E-state index in [0.29, 0.717) is 18.5 Å². The van der Waals surface area contributed by atoms with Crippen molar-refractivity contribution in [3.05, 3.63) is 22.4 Å². The summed E-state index contributed by atoms with van der Waals surface area (Å²) >= 11 is 1.76. The highest BCUT2D eigenvalue weighted by molar-refractivity contribution is 7.10. The van der Waals surface area contributed by atoms with Gasteiger partial charge in [-0.25, -0.2) is 0 Å². The molecule has 0 saturated heterocycles. The number of aliphatic hydroxyl groups is 1. The van der Waals surface area contributed by atoms with Gasteiger partial charge in [0.2, 0.25) is 0 Å². The molecule has 0 spiro atoms. The van der Waals surface area contributed by atoms with Gasteiger partial charge in [0.05, 0.1) is 6.10 Å². The van der Waals surface area contributed by atoms with E-state index < -0.39 is 0 Å². The fraction of sp³-hybridized carbons (Fsp3) is 0.692. The second-order valence-electron chi connectivity index (χ2n) is 4.29. The number of hydrogen-bond acceptors (Lipinski definition) is 3. The highest BCUT2D eigenvalue weighted by atomic mass is 32.1. The van der Waals surface area contributed by atoms with Crippen molar-refractivity contribution in [2.45, 2.75) is 45.8 Å². The molecule has 1 heterocycles. The molecule has 1 aromatic heterocycles. The van der Waals surface area contributed by atoms with Gasteiger partial charge >= 0.3 is 0 Å². The Bertz CT molecular complexity index is 269. The van der Waals surface area contributed by atoms with Crippen molar-refractivity contribution in [2.24, 2.45) is 5.92 Å². The molecule has 0 amide bonds. The first-order chi connectivity index (χ1) is 7.69. The minimum Gasteiger partial charge on any atom is -0.392 e. The molecule has 0 aliphatic rings. The molecule has 1 aromatic rings. The molecule has 0 aliphatic heterocycles. The summed E-state index contributed by atoms with van der Waals surface area (Å²) in [7, 11) is 0. The monoisotopic (exact) mass is 241 g/mol. The molecule has 0 fully saturated rings. The van der Waals surface area contributed by atoms with E-state index in [1.54, 1.807) is 11.3 Å². The molecular weight excluding hydrogens is 218 g/mol. The SMILES string of the molecule is CCC(CC)C(O)CNC(C)c1cccs1. The largest absolute Gasteiger partial charge is 0.392 e. The van der Waals surface area contributed by atoms with Crippen LogP contribution in [0.4, 0.5) is 0 Å². The van der Waals surface area contributed by atoms with E-state index in [1.807, 2.05) is 0 Å². The number of rotatable bonds is 7. The molecule has 1 rings (SSSR count). The Morgan fingerprint density at radius 1 is 1.38 bits per heavy atom. The second kappa shape index (κ2) is 7.05. The standard InChI is InChI=1S/C13H23NOS/c1-4-11(5-2)12(15)9-14-10(3)13-7-6-8-16-13/h6-8,10-12,14-15H,4-5,9H2,1-3H3. The number of hydrogen-bond donors (Lipinski definition) is 2. The molecule has 2 atom stereocenters. The Balaban J connectivity index is 2.34. The zero-order chi connectivity index (χ0) is 12.0. The van der Waals surface area contributed by atoms with Gasteiger partial charge < -0.3 is 10.4 Å². The van der Waals surface area contributed by atoms with Crippen molar-refractivity contribution in [1.29, 1.82) is 0 Å². The lowest BCUT2D eigenvalue weighted by molar-refractivity contribution is 0.0990. The van der Waals surface area contributed by atoms with E-state index in [0.717, 1.165) is 12.8 Å². The third kappa shape index (κ3) is 3.89. The van der Waals surface area contributed by atoms with Crippen molar-refractivity contribution in [3.8, 4) is 0 Å². The average molecular weight is 241 g/mol. The van der Waals surface area contributed by atoms with Crippen molar-refractivity contribution < 1.29 is 5.11 Å². The van der Waals surface area contributed by atoms with E-state index in [-0.39, 0.29) is 6.10 Å². The van der Waals surface area contributed by atoms with E-state index in [1.165, 1.54) is 4.88 Å². The van der Waals surface area contributed by atoms with Crippen LogP contribution >= 0.6 is 11.3 Å². The maximum Gasteiger partial charge on any atom is 0.0692 e. The Hall–Kier alpha value is -0.380. The normalized spacial score (nSPS) is 15.3. The molecule has 0 bridgehead atoms. The van der Waals surface area contributed by atoms with Gasteiger partial charge in [-0.05, 0) is 24.3 Å². The summed E-state index contributed by atoms with van der Waals surface area (Å²) in [5, 5.41) is 15.5. The minimum atomic E-state index is -0.225. The zero-order valence-corrected chi connectivity index (χ0v) is 11.3. The molecule has 2 nitrogen and oxygen atoms in total. The minimum absolute atomic E-state index is 0.225. The summed E-state index contributed by atoms with van der Waals surface area (Å²) in [4.78, 5) is 1.33. The van der Waals surface area contributed by atoms with E-state index in [2.05, 4.69) is 43.6 Å². The van der Waals surface area contributed by atoms with Crippen LogP contribution in [0, 0.1) is 5.92 Å². The van der Waals surface area contributed by atoms with Crippen molar-refractivity contribution in [3.63, 3.8) is 0 Å². The Morgan fingerprint density at radius 2 is 2.06 bits per heavy atom. The first kappa shape index (κ1) is 13.7. The van der Waals surface area contributed by atoms with Gasteiger partial charge in [-0.1, -0.05) is 32.8 Å². The van der Waals surface area contributed by atoms with Crippen LogP contribution in [0.5, 0.6) is 0 Å². The predicted octanol–water partition coefficient (Wildman–Crippen LogP) is 3.20. The van der Waals surface area contributed by atoms with Gasteiger partial charge in [0, 0.05) is 17.5 Å². The van der Waals surface area contributed by atoms with Crippen LogP contribution in [0.3, 0.4) is 0 Å². The van der Waals surface area contributed by atoms with E-state index in [9.17, 15) is 5.11 Å². The number of nitrogens with one attached hydrogen (secondary N) is 1. The smallest absolute Gasteiger partial charge is 0.0692 e. The fourth-order valence-corrected chi connectivity index (χ4v) is 2.69. The molecule has 16 heavy (non-hydrogen) atoms. The third-order valence-corrected chi connectivity index (χ3v) is 4.25. The van der Waals surface area contributed by atoms with Crippen LogP contribution in [0.1, 0.15) is 44.5 Å². The van der Waals surface area contributed by atoms with Gasteiger partial charge in [0.15, 0.2) is 0 Å². The number of aliphatic hydroxyl groups excluding tert-OH is 1. The zero-order valence-electron chi connectivity index (χ0n) is 10.4. The van der Waals surface area contributed by atoms with Gasteiger partial charge in [0.25, 0.3) is 0 Å². The molecule has 2 N–H and O–H groups in total. The van der Waals surface area contributed by atoms with Crippen molar-refractivity contribution in [2.75, 3.05) is 6.54 Å². The molecule has 2 unspecified atom stereocenters. The highest BCUT2D eigenvalue weighted by Gasteiger charge is 2.16. The predicted molar refractivity (Wildman–Crippen MR) is 70.8 cm³/mol. The lowest BCUT2D eigenvalue weighted by Crippen LogP contribution is -2.33. The van der Waals surface area contributed by atoms with Crippen LogP contribution in [0.2, 0.25) is 0 Å². The van der Waals surface area contributed by atoms with Crippen LogP contribution in [0.15, 0.2) is 17.5 Å². The van der Waals surface area contributed by atoms with Crippen LogP contribution in [-0.4, -0.2) is 17.8 Å². The van der Waals surface area contributed by atoms with Gasteiger partial charge in [0.1, 0.15) is 0 Å². The van der Waals surface area contributed by atoms with Crippen LogP contribution in [0.25, 0.3) is 0 Å². The van der Waals surface area contributed by atoms with Crippen LogP contribution < -0.4 is 5.32 Å². The molecular formula is C13H23NOS. The van der Waals surface area contributed by atoms with E-state index >= 15 is 0 Å². The molecule has 92 valence electrons. The fourth-order valence-electron chi connectivity index (χ4n) is 1.94.